The number of amides is 2. The van der Waals surface area contributed by atoms with E-state index in [1.165, 1.54) is 18.1 Å². The first-order valence-corrected chi connectivity index (χ1v) is 12.7. The number of Topliss-reactive ketones (excluding diaryl/α,β-unsaturated/α-hetero) is 1. The number of fused-ring (bicyclic) bond motifs is 1. The number of nitrogens with one attached hydrogen (secondary N) is 1. The van der Waals surface area contributed by atoms with Crippen molar-refractivity contribution < 1.29 is 19.1 Å². The highest BCUT2D eigenvalue weighted by atomic mass is 16.5. The summed E-state index contributed by atoms with van der Waals surface area (Å²) in [6, 6.07) is 4.40. The third kappa shape index (κ3) is 8.07. The second-order valence-corrected chi connectivity index (χ2v) is 9.79. The van der Waals surface area contributed by atoms with E-state index in [9.17, 15) is 19.2 Å². The maximum absolute atomic E-state index is 13.2. The van der Waals surface area contributed by atoms with E-state index in [4.69, 9.17) is 4.99 Å². The van der Waals surface area contributed by atoms with Gasteiger partial charge in [-0.25, -0.2) is 4.79 Å². The summed E-state index contributed by atoms with van der Waals surface area (Å²) >= 11 is 0. The molecule has 0 unspecified atom stereocenters. The Labute approximate surface area is 228 Å². The van der Waals surface area contributed by atoms with Crippen LogP contribution in [0.4, 0.5) is 10.5 Å². The van der Waals surface area contributed by atoms with Crippen molar-refractivity contribution >= 4 is 35.3 Å². The van der Waals surface area contributed by atoms with Gasteiger partial charge in [-0.05, 0) is 56.5 Å². The predicted octanol–water partition coefficient (Wildman–Crippen LogP) is 3.26. The van der Waals surface area contributed by atoms with E-state index in [0.29, 0.717) is 24.9 Å². The number of allylic oxidation sites excluding steroid dienone is 2. The fourth-order valence-corrected chi connectivity index (χ4v) is 4.14. The van der Waals surface area contributed by atoms with E-state index in [1.807, 2.05) is 26.0 Å². The molecular formula is C29H35N5O5. The van der Waals surface area contributed by atoms with Crippen LogP contribution in [-0.2, 0) is 33.7 Å². The Kier molecular flexibility index (Phi) is 10.1. The summed E-state index contributed by atoms with van der Waals surface area (Å²) in [6.07, 6.45) is 8.83. The lowest BCUT2D eigenvalue weighted by atomic mass is 10.0. The molecule has 0 aromatic carbocycles. The normalized spacial score (nSPS) is 12.9. The minimum absolute atomic E-state index is 0.157. The molecule has 1 aliphatic rings. The Balaban J connectivity index is 1.73. The third-order valence-corrected chi connectivity index (χ3v) is 6.13. The summed E-state index contributed by atoms with van der Waals surface area (Å²) in [5, 5.41) is 2.54. The molecule has 1 aliphatic heterocycles. The maximum Gasteiger partial charge on any atom is 0.407 e. The Morgan fingerprint density at radius 3 is 2.69 bits per heavy atom. The summed E-state index contributed by atoms with van der Waals surface area (Å²) in [5.74, 6) is -0.506. The highest BCUT2D eigenvalue weighted by molar-refractivity contribution is 5.95. The van der Waals surface area contributed by atoms with Crippen molar-refractivity contribution in [2.75, 3.05) is 21.2 Å². The van der Waals surface area contributed by atoms with Crippen LogP contribution in [0, 0.1) is 0 Å². The number of aliphatic imine (C=N–C) groups is 1. The summed E-state index contributed by atoms with van der Waals surface area (Å²) in [4.78, 5) is 60.6. The summed E-state index contributed by atoms with van der Waals surface area (Å²) in [5.41, 5.74) is 4.67. The van der Waals surface area contributed by atoms with Crippen molar-refractivity contribution in [3.05, 3.63) is 75.5 Å². The van der Waals surface area contributed by atoms with Gasteiger partial charge < -0.3 is 19.5 Å². The Morgan fingerprint density at radius 1 is 1.23 bits per heavy atom. The zero-order valence-corrected chi connectivity index (χ0v) is 23.1. The first-order valence-electron chi connectivity index (χ1n) is 12.7. The van der Waals surface area contributed by atoms with Crippen LogP contribution in [0.1, 0.15) is 43.5 Å². The zero-order valence-electron chi connectivity index (χ0n) is 23.1. The van der Waals surface area contributed by atoms with Crippen LogP contribution >= 0.6 is 0 Å². The lowest BCUT2D eigenvalue weighted by Crippen LogP contribution is -2.42. The molecule has 10 heteroatoms. The number of nitrogens with zero attached hydrogens (tertiary/aromatic N) is 4. The number of rotatable bonds is 11. The standard InChI is InChI=1S/C29H35N5O5/c1-19(2)15-24-27-20(12-13-30-24)16-22(31-27)18-34-14-8-9-21(28(34)37)17-25(35)23(32-29(38)39-5)10-6-7-11-26(36)33(3)4/h7-9,11-15,23H,6,10,16-18H2,1-5H3,(H,32,38)/b11-7+/t23-/m0/s1. The molecule has 0 fully saturated rings. The van der Waals surface area contributed by atoms with Crippen molar-refractivity contribution in [3.8, 4) is 0 Å². The lowest BCUT2D eigenvalue weighted by molar-refractivity contribution is -0.123. The third-order valence-electron chi connectivity index (χ3n) is 6.13. The van der Waals surface area contributed by atoms with Gasteiger partial charge in [0, 0.05) is 50.6 Å². The lowest BCUT2D eigenvalue weighted by Gasteiger charge is -2.16. The second kappa shape index (κ2) is 13.5. The smallest absolute Gasteiger partial charge is 0.407 e. The summed E-state index contributed by atoms with van der Waals surface area (Å²) in [7, 11) is 4.49. The fraction of sp³-hybridized carbons (Fsp3) is 0.379. The average Bonchev–Trinajstić information content (AvgIpc) is 3.31. The van der Waals surface area contributed by atoms with Gasteiger partial charge in [0.15, 0.2) is 5.78 Å². The van der Waals surface area contributed by atoms with E-state index < -0.39 is 12.1 Å². The van der Waals surface area contributed by atoms with Gasteiger partial charge in [-0.15, -0.1) is 0 Å². The van der Waals surface area contributed by atoms with Gasteiger partial charge in [-0.3, -0.25) is 24.4 Å². The summed E-state index contributed by atoms with van der Waals surface area (Å²) < 4.78 is 6.20. The van der Waals surface area contributed by atoms with Gasteiger partial charge >= 0.3 is 6.09 Å². The minimum Gasteiger partial charge on any atom is -0.453 e. The molecule has 2 amide bonds. The molecule has 39 heavy (non-hydrogen) atoms. The molecule has 3 rings (SSSR count). The van der Waals surface area contributed by atoms with Gasteiger partial charge in [0.2, 0.25) is 5.91 Å². The molecule has 2 aromatic rings. The largest absolute Gasteiger partial charge is 0.453 e. The van der Waals surface area contributed by atoms with Crippen LogP contribution in [0.25, 0.3) is 6.08 Å². The quantitative estimate of drug-likeness (QED) is 0.443. The van der Waals surface area contributed by atoms with E-state index >= 15 is 0 Å². The maximum atomic E-state index is 13.2. The Hall–Kier alpha value is -4.34. The van der Waals surface area contributed by atoms with Crippen LogP contribution in [0.5, 0.6) is 0 Å². The number of methoxy groups -OCH3 is 1. The molecule has 0 aliphatic carbocycles. The van der Waals surface area contributed by atoms with Crippen molar-refractivity contribution in [1.82, 2.24) is 19.8 Å². The first-order chi connectivity index (χ1) is 18.6. The van der Waals surface area contributed by atoms with Gasteiger partial charge in [0.25, 0.3) is 5.56 Å². The van der Waals surface area contributed by atoms with Crippen molar-refractivity contribution in [3.63, 3.8) is 0 Å². The SMILES string of the molecule is COC(=O)N[C@@H](CC/C=C/C(=O)N(C)C)C(=O)Cc1cccn(CC2=Nc3c(ccnc3C=C(C)C)C2)c1=O. The number of carbonyl (C=O) groups is 3. The molecule has 3 heterocycles. The highest BCUT2D eigenvalue weighted by Crippen LogP contribution is 2.31. The number of carbonyl (C=O) groups excluding carboxylic acids is 3. The van der Waals surface area contributed by atoms with Gasteiger partial charge in [-0.2, -0.15) is 0 Å². The molecule has 0 saturated heterocycles. The number of hydrogen-bond acceptors (Lipinski definition) is 7. The number of ketones is 1. The van der Waals surface area contributed by atoms with Crippen LogP contribution in [0.3, 0.4) is 0 Å². The second-order valence-electron chi connectivity index (χ2n) is 9.79. The fourth-order valence-electron chi connectivity index (χ4n) is 4.14. The molecule has 2 aromatic heterocycles. The zero-order chi connectivity index (χ0) is 28.5. The average molecular weight is 534 g/mol. The highest BCUT2D eigenvalue weighted by Gasteiger charge is 2.23. The predicted molar refractivity (Wildman–Crippen MR) is 150 cm³/mol. The number of alkyl carbamates (subject to hydrolysis) is 1. The topological polar surface area (TPSA) is 123 Å². The van der Waals surface area contributed by atoms with Gasteiger partial charge in [0.1, 0.15) is 0 Å². The van der Waals surface area contributed by atoms with Crippen molar-refractivity contribution in [2.45, 2.75) is 52.1 Å². The van der Waals surface area contributed by atoms with Crippen LogP contribution < -0.4 is 10.9 Å². The molecular weight excluding hydrogens is 498 g/mol. The Morgan fingerprint density at radius 2 is 2.00 bits per heavy atom. The van der Waals surface area contributed by atoms with E-state index in [-0.39, 0.29) is 30.1 Å². The van der Waals surface area contributed by atoms with Crippen molar-refractivity contribution in [2.24, 2.45) is 4.99 Å². The molecule has 1 atom stereocenters. The van der Waals surface area contributed by atoms with E-state index in [2.05, 4.69) is 15.0 Å². The monoisotopic (exact) mass is 533 g/mol. The molecule has 10 nitrogen and oxygen atoms in total. The molecule has 0 spiro atoms. The van der Waals surface area contributed by atoms with Crippen molar-refractivity contribution in [1.29, 1.82) is 0 Å². The minimum atomic E-state index is -0.876. The first kappa shape index (κ1) is 29.2. The molecule has 206 valence electrons. The molecule has 1 N–H and O–H groups in total. The van der Waals surface area contributed by atoms with Gasteiger partial charge in [-0.1, -0.05) is 17.7 Å². The summed E-state index contributed by atoms with van der Waals surface area (Å²) in [6.45, 7) is 4.29. The molecule has 0 bridgehead atoms. The molecule has 0 radical (unpaired) electrons. The van der Waals surface area contributed by atoms with Crippen LogP contribution in [-0.4, -0.2) is 65.2 Å². The number of pyridine rings is 2. The number of aromatic nitrogens is 2. The number of hydrogen-bond donors (Lipinski definition) is 1. The number of ether oxygens (including phenoxy) is 1. The van der Waals surface area contributed by atoms with Gasteiger partial charge in [0.05, 0.1) is 31.1 Å². The van der Waals surface area contributed by atoms with Crippen LogP contribution in [0.15, 0.2) is 58.1 Å². The Bertz CT molecular complexity index is 1380. The van der Waals surface area contributed by atoms with E-state index in [0.717, 1.165) is 28.2 Å². The molecule has 0 saturated carbocycles. The van der Waals surface area contributed by atoms with E-state index in [1.54, 1.807) is 49.3 Å². The number of likely N-dealkylation sites (N-methyl/N-ethyl adjacent to an activating group) is 1. The van der Waals surface area contributed by atoms with Crippen LogP contribution in [0.2, 0.25) is 0 Å².